The minimum absolute atomic E-state index is 0.185. The summed E-state index contributed by atoms with van der Waals surface area (Å²) < 4.78 is 0. The van der Waals surface area contributed by atoms with Gasteiger partial charge in [-0.3, -0.25) is 4.79 Å². The predicted octanol–water partition coefficient (Wildman–Crippen LogP) is 4.47. The van der Waals surface area contributed by atoms with Gasteiger partial charge in [0.05, 0.1) is 0 Å². The van der Waals surface area contributed by atoms with E-state index in [0.29, 0.717) is 0 Å². The molecule has 0 spiro atoms. The molecule has 0 aromatic carbocycles. The van der Waals surface area contributed by atoms with Crippen molar-refractivity contribution in [3.63, 3.8) is 0 Å². The van der Waals surface area contributed by atoms with Crippen LogP contribution in [0, 0.1) is 0 Å². The minimum atomic E-state index is 0.185. The van der Waals surface area contributed by atoms with Gasteiger partial charge in [0.25, 0.3) is 0 Å². The Hall–Kier alpha value is -1.89. The molecule has 0 N–H and O–H groups in total. The molecule has 0 radical (unpaired) electrons. The molecule has 0 aliphatic heterocycles. The first kappa shape index (κ1) is 14.2. The van der Waals surface area contributed by atoms with Crippen molar-refractivity contribution in [3.8, 4) is 0 Å². The molecule has 1 heteroatoms. The molecule has 18 heavy (non-hydrogen) atoms. The number of carbonyl (C=O) groups excluding carboxylic acids is 1. The van der Waals surface area contributed by atoms with Crippen molar-refractivity contribution >= 4 is 5.78 Å². The van der Waals surface area contributed by atoms with Crippen LogP contribution in [-0.4, -0.2) is 5.78 Å². The van der Waals surface area contributed by atoms with Gasteiger partial charge in [0.15, 0.2) is 5.78 Å². The molecule has 1 fully saturated rings. The lowest BCUT2D eigenvalue weighted by molar-refractivity contribution is -0.111. The van der Waals surface area contributed by atoms with Gasteiger partial charge >= 0.3 is 0 Å². The van der Waals surface area contributed by atoms with Crippen LogP contribution < -0.4 is 0 Å². The third-order valence-corrected chi connectivity index (χ3v) is 2.67. The molecule has 1 aliphatic rings. The molecule has 0 bridgehead atoms. The molecule has 1 aliphatic carbocycles. The van der Waals surface area contributed by atoms with Crippen LogP contribution >= 0.6 is 0 Å². The highest BCUT2D eigenvalue weighted by atomic mass is 16.1. The molecule has 0 aromatic heterocycles. The zero-order valence-corrected chi connectivity index (χ0v) is 11.1. The van der Waals surface area contributed by atoms with E-state index in [4.69, 9.17) is 0 Å². The Bertz CT molecular complexity index is 412. The molecule has 0 unspecified atom stereocenters. The third-order valence-electron chi connectivity index (χ3n) is 2.67. The second-order valence-electron chi connectivity index (χ2n) is 4.03. The molecule has 1 nitrogen and oxygen atoms in total. The Morgan fingerprint density at radius 3 is 1.56 bits per heavy atom. The van der Waals surface area contributed by atoms with Crippen LogP contribution in [0.1, 0.15) is 26.7 Å². The number of rotatable bonds is 4. The summed E-state index contributed by atoms with van der Waals surface area (Å²) in [5.74, 6) is 0.185. The van der Waals surface area contributed by atoms with Crippen molar-refractivity contribution in [1.82, 2.24) is 0 Å². The third kappa shape index (κ3) is 4.54. The van der Waals surface area contributed by atoms with Gasteiger partial charge in [-0.1, -0.05) is 60.8 Å². The Kier molecular flexibility index (Phi) is 6.49. The van der Waals surface area contributed by atoms with Gasteiger partial charge in [-0.25, -0.2) is 0 Å². The lowest BCUT2D eigenvalue weighted by Gasteiger charge is -1.91. The van der Waals surface area contributed by atoms with Crippen molar-refractivity contribution in [2.24, 2.45) is 0 Å². The highest BCUT2D eigenvalue weighted by Crippen LogP contribution is 2.26. The number of Topliss-reactive ketones (excluding diaryl/α,β-unsaturated/α-hetero) is 1. The predicted molar refractivity (Wildman–Crippen MR) is 78.3 cm³/mol. The van der Waals surface area contributed by atoms with Crippen LogP contribution in [0.25, 0.3) is 0 Å². The molecule has 1 saturated carbocycles. The van der Waals surface area contributed by atoms with Gasteiger partial charge in [-0.05, 0) is 26.7 Å². The average Bonchev–Trinajstić information content (AvgIpc) is 2.72. The SMILES string of the molecule is C/C=C/C=C/C=C1\CC\C(=C/C=C/C=C/C)C1=O. The fourth-order valence-corrected chi connectivity index (χ4v) is 1.71. The second-order valence-corrected chi connectivity index (χ2v) is 4.03. The van der Waals surface area contributed by atoms with Crippen LogP contribution in [0.3, 0.4) is 0 Å². The van der Waals surface area contributed by atoms with Crippen molar-refractivity contribution in [2.45, 2.75) is 26.7 Å². The van der Waals surface area contributed by atoms with Crippen molar-refractivity contribution in [1.29, 1.82) is 0 Å². The van der Waals surface area contributed by atoms with Gasteiger partial charge in [0.1, 0.15) is 0 Å². The maximum atomic E-state index is 12.0. The van der Waals surface area contributed by atoms with Crippen molar-refractivity contribution in [2.75, 3.05) is 0 Å². The van der Waals surface area contributed by atoms with E-state index in [0.717, 1.165) is 24.0 Å². The zero-order chi connectivity index (χ0) is 13.2. The van der Waals surface area contributed by atoms with Crippen molar-refractivity contribution < 1.29 is 4.79 Å². The Labute approximate surface area is 110 Å². The van der Waals surface area contributed by atoms with Crippen LogP contribution in [-0.2, 0) is 4.79 Å². The summed E-state index contributed by atoms with van der Waals surface area (Å²) in [6, 6.07) is 0. The van der Waals surface area contributed by atoms with Gasteiger partial charge < -0.3 is 0 Å². The first-order chi connectivity index (χ1) is 8.79. The monoisotopic (exact) mass is 240 g/mol. The topological polar surface area (TPSA) is 17.1 Å². The molecule has 0 saturated heterocycles. The number of hydrogen-bond acceptors (Lipinski definition) is 1. The summed E-state index contributed by atoms with van der Waals surface area (Å²) in [6.07, 6.45) is 21.1. The normalized spacial score (nSPS) is 22.0. The minimum Gasteiger partial charge on any atom is -0.289 e. The molecular weight excluding hydrogens is 220 g/mol. The van der Waals surface area contributed by atoms with E-state index >= 15 is 0 Å². The summed E-state index contributed by atoms with van der Waals surface area (Å²) in [5, 5.41) is 0. The van der Waals surface area contributed by atoms with Crippen LogP contribution in [0.4, 0.5) is 0 Å². The Balaban J connectivity index is 2.67. The summed E-state index contributed by atoms with van der Waals surface area (Å²) in [7, 11) is 0. The van der Waals surface area contributed by atoms with Gasteiger partial charge in [0, 0.05) is 11.1 Å². The fourth-order valence-electron chi connectivity index (χ4n) is 1.71. The van der Waals surface area contributed by atoms with Crippen LogP contribution in [0.2, 0.25) is 0 Å². The highest BCUT2D eigenvalue weighted by molar-refractivity contribution is 6.11. The highest BCUT2D eigenvalue weighted by Gasteiger charge is 2.21. The summed E-state index contributed by atoms with van der Waals surface area (Å²) >= 11 is 0. The molecule has 0 amide bonds. The zero-order valence-electron chi connectivity index (χ0n) is 11.1. The first-order valence-electron chi connectivity index (χ1n) is 6.31. The van der Waals surface area contributed by atoms with E-state index in [9.17, 15) is 4.79 Å². The Morgan fingerprint density at radius 2 is 1.17 bits per heavy atom. The molecule has 0 heterocycles. The number of allylic oxidation sites excluding steroid dienone is 12. The van der Waals surface area contributed by atoms with E-state index in [1.807, 2.05) is 74.6 Å². The maximum Gasteiger partial charge on any atom is 0.185 e. The van der Waals surface area contributed by atoms with E-state index in [2.05, 4.69) is 0 Å². The average molecular weight is 240 g/mol. The van der Waals surface area contributed by atoms with E-state index in [1.165, 1.54) is 0 Å². The lowest BCUT2D eigenvalue weighted by Crippen LogP contribution is -1.94. The number of ketones is 1. The van der Waals surface area contributed by atoms with E-state index < -0.39 is 0 Å². The first-order valence-corrected chi connectivity index (χ1v) is 6.31. The fraction of sp³-hybridized carbons (Fsp3) is 0.235. The molecule has 0 atom stereocenters. The molecule has 94 valence electrons. The van der Waals surface area contributed by atoms with Crippen molar-refractivity contribution in [3.05, 3.63) is 71.9 Å². The standard InChI is InChI=1S/C17H20O/c1-3-5-7-9-11-15-13-14-16(17(15)18)12-10-8-6-4-2/h3-12H,13-14H2,1-2H3/b5-3+,6-4+,9-7+,10-8+,15-11+,16-12+. The van der Waals surface area contributed by atoms with E-state index in [1.54, 1.807) is 0 Å². The van der Waals surface area contributed by atoms with Gasteiger partial charge in [-0.2, -0.15) is 0 Å². The van der Waals surface area contributed by atoms with Crippen LogP contribution in [0.15, 0.2) is 71.9 Å². The summed E-state index contributed by atoms with van der Waals surface area (Å²) in [4.78, 5) is 12.0. The van der Waals surface area contributed by atoms with Gasteiger partial charge in [-0.15, -0.1) is 0 Å². The largest absolute Gasteiger partial charge is 0.289 e. The van der Waals surface area contributed by atoms with Gasteiger partial charge in [0.2, 0.25) is 0 Å². The summed E-state index contributed by atoms with van der Waals surface area (Å²) in [5.41, 5.74) is 1.81. The quantitative estimate of drug-likeness (QED) is 0.523. The lowest BCUT2D eigenvalue weighted by atomic mass is 10.1. The number of carbonyl (C=O) groups is 1. The molecule has 1 rings (SSSR count). The Morgan fingerprint density at radius 1 is 0.722 bits per heavy atom. The molecule has 0 aromatic rings. The van der Waals surface area contributed by atoms with E-state index in [-0.39, 0.29) is 5.78 Å². The van der Waals surface area contributed by atoms with Crippen LogP contribution in [0.5, 0.6) is 0 Å². The molecular formula is C17H20O. The number of hydrogen-bond donors (Lipinski definition) is 0. The smallest absolute Gasteiger partial charge is 0.185 e. The summed E-state index contributed by atoms with van der Waals surface area (Å²) in [6.45, 7) is 3.94. The maximum absolute atomic E-state index is 12.0. The second kappa shape index (κ2) is 8.24.